The molecule has 0 saturated heterocycles. The quantitative estimate of drug-likeness (QED) is 0.141. The highest BCUT2D eigenvalue weighted by atomic mass is 16.2. The van der Waals surface area contributed by atoms with E-state index in [1.807, 2.05) is 48.5 Å². The molecular weight excluding hydrogens is 633 g/mol. The molecule has 0 atom stereocenters. The second-order valence-corrected chi connectivity index (χ2v) is 13.2. The first-order chi connectivity index (χ1) is 25.6. The second-order valence-electron chi connectivity index (χ2n) is 13.2. The molecule has 0 heterocycles. The van der Waals surface area contributed by atoms with E-state index in [0.717, 1.165) is 33.0 Å². The lowest BCUT2D eigenvalue weighted by Gasteiger charge is -2.11. The van der Waals surface area contributed by atoms with E-state index >= 15 is 0 Å². The number of carbonyl (C=O) groups is 1. The summed E-state index contributed by atoms with van der Waals surface area (Å²) in [6.07, 6.45) is 0. The van der Waals surface area contributed by atoms with Gasteiger partial charge in [0.2, 0.25) is 0 Å². The van der Waals surface area contributed by atoms with Crippen molar-refractivity contribution in [3.63, 3.8) is 0 Å². The monoisotopic (exact) mass is 660 g/mol. The van der Waals surface area contributed by atoms with E-state index in [-0.39, 0.29) is 6.03 Å². The van der Waals surface area contributed by atoms with Crippen LogP contribution in [0.3, 0.4) is 0 Å². The average molecular weight is 661 g/mol. The third kappa shape index (κ3) is 5.09. The summed E-state index contributed by atoms with van der Waals surface area (Å²) < 4.78 is 0. The molecule has 0 aliphatic heterocycles. The van der Waals surface area contributed by atoms with Crippen molar-refractivity contribution >= 4 is 82.0 Å². The highest BCUT2D eigenvalue weighted by molar-refractivity contribution is 6.25. The highest BCUT2D eigenvalue weighted by Crippen LogP contribution is 2.37. The lowest BCUT2D eigenvalue weighted by molar-refractivity contribution is 0.262. The van der Waals surface area contributed by atoms with Gasteiger partial charge < -0.3 is 10.6 Å². The molecule has 3 heteroatoms. The third-order valence-corrected chi connectivity index (χ3v) is 10.0. The number of hydrogen-bond acceptors (Lipinski definition) is 1. The Morgan fingerprint density at radius 2 is 0.692 bits per heavy atom. The average Bonchev–Trinajstić information content (AvgIpc) is 3.19. The Kier molecular flexibility index (Phi) is 6.78. The van der Waals surface area contributed by atoms with E-state index in [0.29, 0.717) is 11.4 Å². The summed E-state index contributed by atoms with van der Waals surface area (Å²) in [6.45, 7) is 0. The molecule has 0 aliphatic carbocycles. The minimum absolute atomic E-state index is 0.319. The highest BCUT2D eigenvalue weighted by Gasteiger charge is 2.11. The summed E-state index contributed by atoms with van der Waals surface area (Å²) in [6, 6.07) is 53.7. The molecule has 10 rings (SSSR count). The van der Waals surface area contributed by atoms with Crippen LogP contribution in [-0.4, -0.2) is 6.03 Å². The number of benzene rings is 10. The summed E-state index contributed by atoms with van der Waals surface area (Å²) in [5.74, 6) is 13.4. The molecular formula is C49H28N2O. The molecule has 0 spiro atoms. The van der Waals surface area contributed by atoms with Crippen molar-refractivity contribution in [3.05, 3.63) is 180 Å². The molecule has 0 saturated carbocycles. The maximum atomic E-state index is 12.8. The lowest BCUT2D eigenvalue weighted by Crippen LogP contribution is -2.19. The minimum Gasteiger partial charge on any atom is -0.308 e. The summed E-state index contributed by atoms with van der Waals surface area (Å²) in [5.41, 5.74) is 5.10. The van der Waals surface area contributed by atoms with Crippen LogP contribution in [0, 0.1) is 23.7 Å². The fourth-order valence-electron chi connectivity index (χ4n) is 7.53. The first-order valence-corrected chi connectivity index (χ1v) is 17.3. The van der Waals surface area contributed by atoms with Crippen LogP contribution in [0.4, 0.5) is 16.2 Å². The summed E-state index contributed by atoms with van der Waals surface area (Å²) in [7, 11) is 0. The lowest BCUT2D eigenvalue weighted by atomic mass is 9.92. The van der Waals surface area contributed by atoms with Crippen molar-refractivity contribution in [1.29, 1.82) is 0 Å². The molecule has 10 aromatic carbocycles. The Hall–Kier alpha value is -7.33. The number of amides is 2. The van der Waals surface area contributed by atoms with Gasteiger partial charge in [0.05, 0.1) is 0 Å². The molecule has 0 bridgehead atoms. The number of carbonyl (C=O) groups excluding carboxylic acids is 1. The van der Waals surface area contributed by atoms with E-state index in [1.54, 1.807) is 0 Å². The standard InChI is InChI=1S/C49H28N2O/c52-49(50-41-25-9-31(10-26-41)7-13-33-15-17-39-21-19-35-3-1-5-37-23-29-43(33)47(39)45(35)37)51-42-27-11-32(12-28-42)8-14-34-16-18-40-22-20-36-4-2-6-38-24-30-44(34)48(40)46(36)38/h1-6,9-12,15-30H,(H2,50,51,52). The second kappa shape index (κ2) is 11.9. The van der Waals surface area contributed by atoms with Crippen LogP contribution in [0.25, 0.3) is 64.6 Å². The van der Waals surface area contributed by atoms with Gasteiger partial charge in [-0.3, -0.25) is 0 Å². The van der Waals surface area contributed by atoms with Crippen LogP contribution in [0.2, 0.25) is 0 Å². The van der Waals surface area contributed by atoms with E-state index in [1.165, 1.54) is 53.9 Å². The smallest absolute Gasteiger partial charge is 0.308 e. The van der Waals surface area contributed by atoms with E-state index in [4.69, 9.17) is 0 Å². The Labute approximate surface area is 300 Å². The van der Waals surface area contributed by atoms with Crippen molar-refractivity contribution < 1.29 is 4.79 Å². The molecule has 2 N–H and O–H groups in total. The zero-order valence-electron chi connectivity index (χ0n) is 27.9. The Balaban J connectivity index is 0.820. The van der Waals surface area contributed by atoms with Crippen LogP contribution in [-0.2, 0) is 0 Å². The third-order valence-electron chi connectivity index (χ3n) is 10.0. The number of urea groups is 1. The van der Waals surface area contributed by atoms with Crippen molar-refractivity contribution in [2.45, 2.75) is 0 Å². The van der Waals surface area contributed by atoms with Crippen molar-refractivity contribution in [3.8, 4) is 23.7 Å². The van der Waals surface area contributed by atoms with Gasteiger partial charge in [0.25, 0.3) is 0 Å². The number of anilines is 2. The zero-order chi connectivity index (χ0) is 34.6. The maximum absolute atomic E-state index is 12.8. The first kappa shape index (κ1) is 29.6. The van der Waals surface area contributed by atoms with Gasteiger partial charge in [0, 0.05) is 33.6 Å². The van der Waals surface area contributed by atoms with Gasteiger partial charge in [0.15, 0.2) is 0 Å². The number of hydrogen-bond donors (Lipinski definition) is 2. The van der Waals surface area contributed by atoms with Crippen LogP contribution < -0.4 is 10.6 Å². The van der Waals surface area contributed by atoms with E-state index in [2.05, 4.69) is 144 Å². The van der Waals surface area contributed by atoms with Gasteiger partial charge in [0.1, 0.15) is 0 Å². The molecule has 2 amide bonds. The normalized spacial score (nSPS) is 11.2. The van der Waals surface area contributed by atoms with Gasteiger partial charge >= 0.3 is 6.03 Å². The van der Waals surface area contributed by atoms with Crippen molar-refractivity contribution in [1.82, 2.24) is 0 Å². The molecule has 0 radical (unpaired) electrons. The predicted molar refractivity (Wildman–Crippen MR) is 218 cm³/mol. The van der Waals surface area contributed by atoms with Crippen molar-refractivity contribution in [2.75, 3.05) is 10.6 Å². The molecule has 10 aromatic rings. The predicted octanol–water partition coefficient (Wildman–Crippen LogP) is 11.9. The molecule has 0 aliphatic rings. The minimum atomic E-state index is -0.319. The summed E-state index contributed by atoms with van der Waals surface area (Å²) in [4.78, 5) is 12.8. The van der Waals surface area contributed by atoms with Crippen LogP contribution in [0.1, 0.15) is 22.3 Å². The van der Waals surface area contributed by atoms with E-state index in [9.17, 15) is 4.79 Å². The Morgan fingerprint density at radius 3 is 1.10 bits per heavy atom. The van der Waals surface area contributed by atoms with Crippen molar-refractivity contribution in [2.24, 2.45) is 0 Å². The number of rotatable bonds is 2. The molecule has 0 fully saturated rings. The number of nitrogens with one attached hydrogen (secondary N) is 2. The molecule has 0 unspecified atom stereocenters. The van der Waals surface area contributed by atoms with Gasteiger partial charge in [-0.1, -0.05) is 121 Å². The topological polar surface area (TPSA) is 41.1 Å². The summed E-state index contributed by atoms with van der Waals surface area (Å²) in [5, 5.41) is 20.7. The zero-order valence-corrected chi connectivity index (χ0v) is 27.9. The molecule has 52 heavy (non-hydrogen) atoms. The fraction of sp³-hybridized carbons (Fsp3) is 0. The fourth-order valence-corrected chi connectivity index (χ4v) is 7.53. The van der Waals surface area contributed by atoms with Gasteiger partial charge in [-0.2, -0.15) is 0 Å². The maximum Gasteiger partial charge on any atom is 0.323 e. The van der Waals surface area contributed by atoms with E-state index < -0.39 is 0 Å². The molecule has 0 aromatic heterocycles. The first-order valence-electron chi connectivity index (χ1n) is 17.3. The van der Waals surface area contributed by atoms with Crippen LogP contribution >= 0.6 is 0 Å². The van der Waals surface area contributed by atoms with Gasteiger partial charge in [-0.15, -0.1) is 0 Å². The Morgan fingerprint density at radius 1 is 0.346 bits per heavy atom. The Bertz CT molecular complexity index is 2890. The molecule has 240 valence electrons. The summed E-state index contributed by atoms with van der Waals surface area (Å²) >= 11 is 0. The van der Waals surface area contributed by atoms with Gasteiger partial charge in [-0.05, 0) is 125 Å². The van der Waals surface area contributed by atoms with Crippen LogP contribution in [0.15, 0.2) is 158 Å². The molecule has 3 nitrogen and oxygen atoms in total. The SMILES string of the molecule is O=C(Nc1ccc(C#Cc2ccc3ccc4cccc5ccc2c3c45)cc1)Nc1ccc(C#Cc2ccc3ccc4cccc5ccc2c3c45)cc1. The van der Waals surface area contributed by atoms with Crippen LogP contribution in [0.5, 0.6) is 0 Å². The van der Waals surface area contributed by atoms with Gasteiger partial charge in [-0.25, -0.2) is 4.79 Å². The largest absolute Gasteiger partial charge is 0.323 e.